The summed E-state index contributed by atoms with van der Waals surface area (Å²) < 4.78 is 25.8. The van der Waals surface area contributed by atoms with Crippen LogP contribution in [0.1, 0.15) is 12.5 Å². The van der Waals surface area contributed by atoms with E-state index in [1.165, 1.54) is 0 Å². The van der Waals surface area contributed by atoms with E-state index < -0.39 is 10.0 Å². The highest BCUT2D eigenvalue weighted by Crippen LogP contribution is 2.21. The number of piperazine rings is 1. The van der Waals surface area contributed by atoms with Crippen molar-refractivity contribution in [2.45, 2.75) is 13.5 Å². The van der Waals surface area contributed by atoms with Crippen molar-refractivity contribution in [1.29, 1.82) is 0 Å². The van der Waals surface area contributed by atoms with E-state index in [1.807, 2.05) is 37.3 Å². The first-order chi connectivity index (χ1) is 14.4. The molecule has 2 aromatic rings. The standard InChI is InChI=1S/C21H28ClN5O2S/c1-3-23-21(24-16-17-7-4-5-10-20(17)25-30(2,28)29)27-13-11-26(12-14-27)19-9-6-8-18(22)15-19/h4-10,15,25H,3,11-14,16H2,1-2H3,(H,23,24). The molecule has 0 bridgehead atoms. The lowest BCUT2D eigenvalue weighted by molar-refractivity contribution is 0.372. The van der Waals surface area contributed by atoms with Crippen LogP contribution in [0.5, 0.6) is 0 Å². The molecule has 2 aromatic carbocycles. The predicted octanol–water partition coefficient (Wildman–Crippen LogP) is 3.00. The third-order valence-electron chi connectivity index (χ3n) is 4.80. The Labute approximate surface area is 183 Å². The van der Waals surface area contributed by atoms with Gasteiger partial charge < -0.3 is 15.1 Å². The minimum Gasteiger partial charge on any atom is -0.368 e. The summed E-state index contributed by atoms with van der Waals surface area (Å²) in [6, 6.07) is 15.2. The van der Waals surface area contributed by atoms with Crippen LogP contribution in [0.15, 0.2) is 53.5 Å². The molecule has 30 heavy (non-hydrogen) atoms. The second kappa shape index (κ2) is 10.0. The van der Waals surface area contributed by atoms with Gasteiger partial charge in [0.25, 0.3) is 0 Å². The molecule has 1 saturated heterocycles. The molecule has 0 aliphatic carbocycles. The van der Waals surface area contributed by atoms with Crippen molar-refractivity contribution in [3.8, 4) is 0 Å². The van der Waals surface area contributed by atoms with Crippen molar-refractivity contribution in [3.63, 3.8) is 0 Å². The van der Waals surface area contributed by atoms with Gasteiger partial charge in [-0.25, -0.2) is 13.4 Å². The Balaban J connectivity index is 1.69. The second-order valence-corrected chi connectivity index (χ2v) is 9.34. The van der Waals surface area contributed by atoms with E-state index in [-0.39, 0.29) is 0 Å². The molecule has 9 heteroatoms. The number of hydrogen-bond donors (Lipinski definition) is 2. The number of sulfonamides is 1. The molecule has 162 valence electrons. The van der Waals surface area contributed by atoms with Crippen LogP contribution >= 0.6 is 11.6 Å². The van der Waals surface area contributed by atoms with E-state index in [0.717, 1.165) is 61.2 Å². The van der Waals surface area contributed by atoms with E-state index in [9.17, 15) is 8.42 Å². The molecule has 0 atom stereocenters. The van der Waals surface area contributed by atoms with Gasteiger partial charge in [0.1, 0.15) is 0 Å². The van der Waals surface area contributed by atoms with Gasteiger partial charge in [0.2, 0.25) is 10.0 Å². The first-order valence-electron chi connectivity index (χ1n) is 9.95. The molecular weight excluding hydrogens is 422 g/mol. The van der Waals surface area contributed by atoms with Gasteiger partial charge in [-0.15, -0.1) is 0 Å². The van der Waals surface area contributed by atoms with Crippen LogP contribution < -0.4 is 14.9 Å². The van der Waals surface area contributed by atoms with E-state index in [1.54, 1.807) is 12.1 Å². The molecule has 2 N–H and O–H groups in total. The molecule has 1 fully saturated rings. The smallest absolute Gasteiger partial charge is 0.229 e. The van der Waals surface area contributed by atoms with Gasteiger partial charge in [-0.1, -0.05) is 35.9 Å². The Morgan fingerprint density at radius 2 is 1.83 bits per heavy atom. The van der Waals surface area contributed by atoms with Gasteiger partial charge in [-0.05, 0) is 36.8 Å². The van der Waals surface area contributed by atoms with Gasteiger partial charge in [-0.2, -0.15) is 0 Å². The Kier molecular flexibility index (Phi) is 7.44. The third-order valence-corrected chi connectivity index (χ3v) is 5.63. The van der Waals surface area contributed by atoms with Gasteiger partial charge in [0.05, 0.1) is 18.5 Å². The Hall–Kier alpha value is -2.45. The zero-order chi connectivity index (χ0) is 21.6. The van der Waals surface area contributed by atoms with Crippen molar-refractivity contribution in [1.82, 2.24) is 10.2 Å². The molecule has 0 radical (unpaired) electrons. The van der Waals surface area contributed by atoms with E-state index in [4.69, 9.17) is 16.6 Å². The number of rotatable bonds is 6. The highest BCUT2D eigenvalue weighted by molar-refractivity contribution is 7.92. The Morgan fingerprint density at radius 1 is 1.10 bits per heavy atom. The predicted molar refractivity (Wildman–Crippen MR) is 125 cm³/mol. The number of nitrogens with zero attached hydrogens (tertiary/aromatic N) is 3. The number of para-hydroxylation sites is 1. The third kappa shape index (κ3) is 6.27. The summed E-state index contributed by atoms with van der Waals surface area (Å²) in [5.74, 6) is 0.831. The highest BCUT2D eigenvalue weighted by Gasteiger charge is 2.20. The van der Waals surface area contributed by atoms with Crippen LogP contribution in [0.3, 0.4) is 0 Å². The van der Waals surface area contributed by atoms with Crippen LogP contribution in [0.4, 0.5) is 11.4 Å². The molecule has 1 aliphatic heterocycles. The number of benzene rings is 2. The molecule has 0 unspecified atom stereocenters. The summed E-state index contributed by atoms with van der Waals surface area (Å²) in [6.45, 7) is 6.60. The first-order valence-corrected chi connectivity index (χ1v) is 12.2. The molecule has 1 aliphatic rings. The fourth-order valence-electron chi connectivity index (χ4n) is 3.39. The lowest BCUT2D eigenvalue weighted by Crippen LogP contribution is -2.52. The zero-order valence-corrected chi connectivity index (χ0v) is 18.9. The fraction of sp³-hybridized carbons (Fsp3) is 0.381. The van der Waals surface area contributed by atoms with Crippen LogP contribution in [0, 0.1) is 0 Å². The highest BCUT2D eigenvalue weighted by atomic mass is 35.5. The summed E-state index contributed by atoms with van der Waals surface area (Å²) in [4.78, 5) is 9.32. The van der Waals surface area contributed by atoms with E-state index >= 15 is 0 Å². The summed E-state index contributed by atoms with van der Waals surface area (Å²) in [6.07, 6.45) is 1.15. The Morgan fingerprint density at radius 3 is 2.50 bits per heavy atom. The maximum atomic E-state index is 11.6. The largest absolute Gasteiger partial charge is 0.368 e. The monoisotopic (exact) mass is 449 g/mol. The average molecular weight is 450 g/mol. The van der Waals surface area contributed by atoms with Crippen molar-refractivity contribution < 1.29 is 8.42 Å². The molecule has 0 saturated carbocycles. The quantitative estimate of drug-likeness (QED) is 0.523. The number of guanidine groups is 1. The lowest BCUT2D eigenvalue weighted by atomic mass is 10.2. The Bertz CT molecular complexity index is 988. The number of nitrogens with one attached hydrogen (secondary N) is 2. The van der Waals surface area contributed by atoms with Crippen molar-refractivity contribution >= 4 is 39.0 Å². The van der Waals surface area contributed by atoms with E-state index in [2.05, 4.69) is 25.9 Å². The molecule has 0 spiro atoms. The molecule has 0 amide bonds. The van der Waals surface area contributed by atoms with Gasteiger partial charge in [0, 0.05) is 43.4 Å². The van der Waals surface area contributed by atoms with Crippen molar-refractivity contribution in [2.75, 3.05) is 48.6 Å². The van der Waals surface area contributed by atoms with Gasteiger partial charge in [0.15, 0.2) is 5.96 Å². The summed E-state index contributed by atoms with van der Waals surface area (Å²) >= 11 is 6.13. The number of halogens is 1. The molecule has 1 heterocycles. The zero-order valence-electron chi connectivity index (χ0n) is 17.3. The minimum atomic E-state index is -3.34. The maximum absolute atomic E-state index is 11.6. The summed E-state index contributed by atoms with van der Waals surface area (Å²) in [5.41, 5.74) is 2.52. The molecule has 0 aromatic heterocycles. The van der Waals surface area contributed by atoms with Gasteiger partial charge in [-0.3, -0.25) is 4.72 Å². The average Bonchev–Trinajstić information content (AvgIpc) is 2.71. The maximum Gasteiger partial charge on any atom is 0.229 e. The molecular formula is C21H28ClN5O2S. The van der Waals surface area contributed by atoms with Crippen LogP contribution in [-0.4, -0.2) is 58.3 Å². The first kappa shape index (κ1) is 22.2. The number of aliphatic imine (C=N–C) groups is 1. The van der Waals surface area contributed by atoms with Crippen LogP contribution in [0.2, 0.25) is 5.02 Å². The molecule has 3 rings (SSSR count). The summed E-state index contributed by atoms with van der Waals surface area (Å²) in [5, 5.41) is 4.09. The molecule has 7 nitrogen and oxygen atoms in total. The number of hydrogen-bond acceptors (Lipinski definition) is 4. The van der Waals surface area contributed by atoms with E-state index in [0.29, 0.717) is 12.2 Å². The lowest BCUT2D eigenvalue weighted by Gasteiger charge is -2.37. The van der Waals surface area contributed by atoms with Crippen LogP contribution in [-0.2, 0) is 16.6 Å². The topological polar surface area (TPSA) is 77.0 Å². The second-order valence-electron chi connectivity index (χ2n) is 7.16. The van der Waals surface area contributed by atoms with Crippen molar-refractivity contribution in [3.05, 3.63) is 59.1 Å². The SMILES string of the molecule is CCNC(=NCc1ccccc1NS(C)(=O)=O)N1CCN(c2cccc(Cl)c2)CC1. The normalized spacial score (nSPS) is 15.2. The summed E-state index contributed by atoms with van der Waals surface area (Å²) in [7, 11) is -3.34. The van der Waals surface area contributed by atoms with Crippen molar-refractivity contribution in [2.24, 2.45) is 4.99 Å². The number of anilines is 2. The minimum absolute atomic E-state index is 0.384. The fourth-order valence-corrected chi connectivity index (χ4v) is 4.18. The van der Waals surface area contributed by atoms with Crippen LogP contribution in [0.25, 0.3) is 0 Å². The van der Waals surface area contributed by atoms with Gasteiger partial charge >= 0.3 is 0 Å².